The van der Waals surface area contributed by atoms with Gasteiger partial charge in [-0.25, -0.2) is 0 Å². The Bertz CT molecular complexity index is 398. The van der Waals surface area contributed by atoms with E-state index in [9.17, 15) is 0 Å². The summed E-state index contributed by atoms with van der Waals surface area (Å²) in [5.74, 6) is 1.78. The van der Waals surface area contributed by atoms with E-state index in [0.29, 0.717) is 0 Å². The van der Waals surface area contributed by atoms with Crippen molar-refractivity contribution < 1.29 is 0 Å². The number of hydrogen-bond donors (Lipinski definition) is 0. The maximum absolute atomic E-state index is 2.85. The van der Waals surface area contributed by atoms with Gasteiger partial charge in [0, 0.05) is 0 Å². The average Bonchev–Trinajstić information content (AvgIpc) is 2.90. The van der Waals surface area contributed by atoms with E-state index in [0.717, 1.165) is 11.8 Å². The third-order valence-electron chi connectivity index (χ3n) is 8.84. The van der Waals surface area contributed by atoms with E-state index in [1.165, 1.54) is 199 Å². The summed E-state index contributed by atoms with van der Waals surface area (Å²) in [5, 5.41) is 0. The zero-order valence-corrected chi connectivity index (χ0v) is 28.5. The Morgan fingerprint density at radius 3 is 0.795 bits per heavy atom. The second-order valence-electron chi connectivity index (χ2n) is 14.0. The molecule has 0 aliphatic carbocycles. The summed E-state index contributed by atoms with van der Waals surface area (Å²) in [6, 6.07) is 0. The van der Waals surface area contributed by atoms with Gasteiger partial charge in [-0.2, -0.15) is 0 Å². The Labute approximate surface area is 250 Å². The van der Waals surface area contributed by atoms with Crippen LogP contribution in [-0.2, 0) is 0 Å². The fourth-order valence-corrected chi connectivity index (χ4v) is 6.06. The Balaban J connectivity index is 3.87. The summed E-state index contributed by atoms with van der Waals surface area (Å²) < 4.78 is 0. The van der Waals surface area contributed by atoms with Crippen LogP contribution < -0.4 is 0 Å². The van der Waals surface area contributed by atoms with Gasteiger partial charge in [-0.05, 0) is 50.7 Å². The zero-order valence-electron chi connectivity index (χ0n) is 28.5. The van der Waals surface area contributed by atoms with E-state index in [1.807, 2.05) is 0 Å². The minimum Gasteiger partial charge on any atom is -0.303 e. The molecule has 0 aromatic rings. The molecule has 236 valence electrons. The van der Waals surface area contributed by atoms with Gasteiger partial charge in [0.05, 0.1) is 0 Å². The van der Waals surface area contributed by atoms with Crippen LogP contribution in [0.15, 0.2) is 0 Å². The molecule has 0 saturated heterocycles. The van der Waals surface area contributed by atoms with Gasteiger partial charge in [0.25, 0.3) is 0 Å². The first-order chi connectivity index (χ1) is 19.1. The highest BCUT2D eigenvalue weighted by Gasteiger charge is 2.05. The number of rotatable bonds is 33. The van der Waals surface area contributed by atoms with Crippen LogP contribution in [0.1, 0.15) is 214 Å². The summed E-state index contributed by atoms with van der Waals surface area (Å²) in [6.07, 6.45) is 40.7. The summed E-state index contributed by atoms with van der Waals surface area (Å²) in [6.45, 7) is 15.8. The van der Waals surface area contributed by atoms with Crippen LogP contribution in [0.4, 0.5) is 0 Å². The van der Waals surface area contributed by atoms with Crippen LogP contribution >= 0.6 is 0 Å². The first-order valence-electron chi connectivity index (χ1n) is 18.8. The Morgan fingerprint density at radius 1 is 0.308 bits per heavy atom. The van der Waals surface area contributed by atoms with Crippen LogP contribution in [0, 0.1) is 11.8 Å². The molecule has 0 bridgehead atoms. The lowest BCUT2D eigenvalue weighted by Gasteiger charge is -2.22. The molecular formula is C38H79N. The molecular weight excluding hydrogens is 470 g/mol. The Morgan fingerprint density at radius 2 is 0.538 bits per heavy atom. The monoisotopic (exact) mass is 550 g/mol. The molecule has 0 heterocycles. The smallest absolute Gasteiger partial charge is 0.00187 e. The SMILES string of the molecule is CCCCCCCCCCN(CCCCCCCCCCCC(C)C)CCCCCCCCCCCC(C)C. The molecule has 0 spiro atoms. The van der Waals surface area contributed by atoms with Gasteiger partial charge >= 0.3 is 0 Å². The maximum Gasteiger partial charge on any atom is -0.00187 e. The normalized spacial score (nSPS) is 12.0. The number of nitrogens with zero attached hydrogens (tertiary/aromatic N) is 1. The second-order valence-corrected chi connectivity index (χ2v) is 14.0. The van der Waals surface area contributed by atoms with Gasteiger partial charge in [-0.15, -0.1) is 0 Å². The maximum atomic E-state index is 2.85. The van der Waals surface area contributed by atoms with Crippen LogP contribution in [-0.4, -0.2) is 24.5 Å². The minimum atomic E-state index is 0.888. The molecule has 0 aromatic carbocycles. The molecule has 0 fully saturated rings. The highest BCUT2D eigenvalue weighted by molar-refractivity contribution is 4.61. The van der Waals surface area contributed by atoms with Crippen molar-refractivity contribution in [3.05, 3.63) is 0 Å². The van der Waals surface area contributed by atoms with Crippen molar-refractivity contribution in [2.75, 3.05) is 19.6 Å². The van der Waals surface area contributed by atoms with Gasteiger partial charge in [0.1, 0.15) is 0 Å². The molecule has 0 N–H and O–H groups in total. The lowest BCUT2D eigenvalue weighted by atomic mass is 10.0. The van der Waals surface area contributed by atoms with Crippen molar-refractivity contribution in [2.24, 2.45) is 11.8 Å². The topological polar surface area (TPSA) is 3.24 Å². The molecule has 39 heavy (non-hydrogen) atoms. The quantitative estimate of drug-likeness (QED) is 0.0736. The summed E-state index contributed by atoms with van der Waals surface area (Å²) >= 11 is 0. The minimum absolute atomic E-state index is 0.888. The van der Waals surface area contributed by atoms with Crippen molar-refractivity contribution in [1.29, 1.82) is 0 Å². The predicted octanol–water partition coefficient (Wildman–Crippen LogP) is 13.5. The van der Waals surface area contributed by atoms with Gasteiger partial charge in [0.2, 0.25) is 0 Å². The third kappa shape index (κ3) is 34.1. The van der Waals surface area contributed by atoms with E-state index in [1.54, 1.807) is 0 Å². The molecule has 0 atom stereocenters. The fraction of sp³-hybridized carbons (Fsp3) is 1.00. The van der Waals surface area contributed by atoms with Gasteiger partial charge in [-0.3, -0.25) is 0 Å². The molecule has 0 unspecified atom stereocenters. The molecule has 0 aromatic heterocycles. The third-order valence-corrected chi connectivity index (χ3v) is 8.84. The van der Waals surface area contributed by atoms with Crippen LogP contribution in [0.3, 0.4) is 0 Å². The molecule has 1 nitrogen and oxygen atoms in total. The standard InChI is InChI=1S/C38H79N/c1-6-7-8-9-10-19-24-29-34-39(35-30-25-20-15-11-13-17-22-27-32-37(2)3)36-31-26-21-16-12-14-18-23-28-33-38(4)5/h37-38H,6-36H2,1-5H3. The lowest BCUT2D eigenvalue weighted by Crippen LogP contribution is -2.27. The molecule has 0 aliphatic rings. The first kappa shape index (κ1) is 39.0. The zero-order chi connectivity index (χ0) is 28.7. The van der Waals surface area contributed by atoms with Crippen molar-refractivity contribution in [3.63, 3.8) is 0 Å². The number of unbranched alkanes of at least 4 members (excludes halogenated alkanes) is 23. The second kappa shape index (κ2) is 32.5. The molecule has 0 aliphatic heterocycles. The van der Waals surface area contributed by atoms with Crippen molar-refractivity contribution >= 4 is 0 Å². The highest BCUT2D eigenvalue weighted by atomic mass is 15.1. The Hall–Kier alpha value is -0.0400. The van der Waals surface area contributed by atoms with Gasteiger partial charge < -0.3 is 4.90 Å². The van der Waals surface area contributed by atoms with Gasteiger partial charge in [0.15, 0.2) is 0 Å². The molecule has 0 saturated carbocycles. The van der Waals surface area contributed by atoms with E-state index in [4.69, 9.17) is 0 Å². The summed E-state index contributed by atoms with van der Waals surface area (Å²) in [5.41, 5.74) is 0. The van der Waals surface area contributed by atoms with E-state index >= 15 is 0 Å². The van der Waals surface area contributed by atoms with E-state index < -0.39 is 0 Å². The van der Waals surface area contributed by atoms with Crippen molar-refractivity contribution in [2.45, 2.75) is 214 Å². The largest absolute Gasteiger partial charge is 0.303 e. The van der Waals surface area contributed by atoms with Crippen molar-refractivity contribution in [1.82, 2.24) is 4.90 Å². The average molecular weight is 550 g/mol. The van der Waals surface area contributed by atoms with Crippen LogP contribution in [0.2, 0.25) is 0 Å². The molecule has 0 rings (SSSR count). The predicted molar refractivity (Wildman–Crippen MR) is 181 cm³/mol. The molecule has 0 amide bonds. The highest BCUT2D eigenvalue weighted by Crippen LogP contribution is 2.16. The van der Waals surface area contributed by atoms with Crippen LogP contribution in [0.5, 0.6) is 0 Å². The molecule has 1 heteroatoms. The molecule has 0 radical (unpaired) electrons. The Kier molecular flexibility index (Phi) is 32.4. The van der Waals surface area contributed by atoms with Gasteiger partial charge in [-0.1, -0.05) is 195 Å². The lowest BCUT2D eigenvalue weighted by molar-refractivity contribution is 0.254. The van der Waals surface area contributed by atoms with E-state index in [2.05, 4.69) is 39.5 Å². The summed E-state index contributed by atoms with van der Waals surface area (Å²) in [4.78, 5) is 2.85. The fourth-order valence-electron chi connectivity index (χ4n) is 6.06. The van der Waals surface area contributed by atoms with Crippen LogP contribution in [0.25, 0.3) is 0 Å². The number of hydrogen-bond acceptors (Lipinski definition) is 1. The van der Waals surface area contributed by atoms with E-state index in [-0.39, 0.29) is 0 Å². The summed E-state index contributed by atoms with van der Waals surface area (Å²) in [7, 11) is 0. The van der Waals surface area contributed by atoms with Crippen molar-refractivity contribution in [3.8, 4) is 0 Å². The first-order valence-corrected chi connectivity index (χ1v) is 18.8.